The summed E-state index contributed by atoms with van der Waals surface area (Å²) >= 11 is 5.12. The third kappa shape index (κ3) is 7.75. The number of thiocarbonyl (C=S) groups is 1. The first-order valence-corrected chi connectivity index (χ1v) is 9.55. The summed E-state index contributed by atoms with van der Waals surface area (Å²) in [5, 5.41) is 2.59. The molecule has 0 amide bonds. The van der Waals surface area contributed by atoms with Crippen LogP contribution in [0.2, 0.25) is 0 Å². The van der Waals surface area contributed by atoms with E-state index in [1.54, 1.807) is 0 Å². The van der Waals surface area contributed by atoms with Gasteiger partial charge in [-0.25, -0.2) is 4.79 Å². The molecule has 30 heavy (non-hydrogen) atoms. The van der Waals surface area contributed by atoms with Gasteiger partial charge < -0.3 is 33.7 Å². The van der Waals surface area contributed by atoms with Crippen molar-refractivity contribution in [1.82, 2.24) is 5.32 Å². The van der Waals surface area contributed by atoms with Gasteiger partial charge in [0.25, 0.3) is 5.17 Å². The van der Waals surface area contributed by atoms with Gasteiger partial charge in [-0.3, -0.25) is 14.4 Å². The van der Waals surface area contributed by atoms with E-state index in [9.17, 15) is 19.2 Å². The number of carbonyl (C=O) groups excluding carboxylic acids is 4. The van der Waals surface area contributed by atoms with Gasteiger partial charge in [0, 0.05) is 20.8 Å². The Bertz CT molecular complexity index is 667. The molecule has 0 aromatic carbocycles. The van der Waals surface area contributed by atoms with Crippen LogP contribution in [0.15, 0.2) is 0 Å². The van der Waals surface area contributed by atoms with Crippen LogP contribution in [0.4, 0.5) is 0 Å². The van der Waals surface area contributed by atoms with Gasteiger partial charge in [0.2, 0.25) is 0 Å². The zero-order chi connectivity index (χ0) is 23.0. The fourth-order valence-corrected chi connectivity index (χ4v) is 2.82. The minimum Gasteiger partial charge on any atom is -0.471 e. The molecule has 0 bridgehead atoms. The van der Waals surface area contributed by atoms with E-state index >= 15 is 0 Å². The van der Waals surface area contributed by atoms with Crippen molar-refractivity contribution >= 4 is 41.3 Å². The minimum atomic E-state index is -1.50. The van der Waals surface area contributed by atoms with Gasteiger partial charge in [-0.1, -0.05) is 13.8 Å². The maximum Gasteiger partial charge on any atom is 0.339 e. The average molecular weight is 449 g/mol. The second-order valence-corrected chi connectivity index (χ2v) is 7.23. The normalized spacial score (nSPS) is 25.6. The van der Waals surface area contributed by atoms with Crippen molar-refractivity contribution in [2.24, 2.45) is 5.92 Å². The smallest absolute Gasteiger partial charge is 0.339 e. The topological polar surface area (TPSA) is 136 Å². The highest BCUT2D eigenvalue weighted by molar-refractivity contribution is 7.80. The van der Waals surface area contributed by atoms with Crippen molar-refractivity contribution in [2.45, 2.75) is 65.3 Å². The van der Waals surface area contributed by atoms with Gasteiger partial charge in [-0.05, 0) is 18.1 Å². The summed E-state index contributed by atoms with van der Waals surface area (Å²) in [6.45, 7) is 7.45. The summed E-state index contributed by atoms with van der Waals surface area (Å²) in [5.74, 6) is -3.01. The third-order valence-corrected chi connectivity index (χ3v) is 3.92. The molecular weight excluding hydrogens is 422 g/mol. The van der Waals surface area contributed by atoms with E-state index in [0.717, 1.165) is 27.9 Å². The van der Waals surface area contributed by atoms with E-state index in [-0.39, 0.29) is 11.1 Å². The maximum atomic E-state index is 12.3. The molecule has 12 heteroatoms. The minimum absolute atomic E-state index is 0.0954. The molecule has 1 saturated heterocycles. The molecule has 11 nitrogen and oxygen atoms in total. The van der Waals surface area contributed by atoms with Crippen LogP contribution in [0.25, 0.3) is 0 Å². The fourth-order valence-electron chi connectivity index (χ4n) is 2.63. The molecule has 0 aliphatic carbocycles. The first-order chi connectivity index (χ1) is 14.0. The monoisotopic (exact) mass is 449 g/mol. The van der Waals surface area contributed by atoms with Gasteiger partial charge in [0.1, 0.15) is 0 Å². The van der Waals surface area contributed by atoms with E-state index in [0.29, 0.717) is 6.61 Å². The van der Waals surface area contributed by atoms with Crippen molar-refractivity contribution in [1.29, 1.82) is 0 Å². The predicted octanol–water partition coefficient (Wildman–Crippen LogP) is 0.227. The predicted molar refractivity (Wildman–Crippen MR) is 104 cm³/mol. The number of hydrogen-bond donors (Lipinski definition) is 1. The highest BCUT2D eigenvalue weighted by Crippen LogP contribution is 2.28. The lowest BCUT2D eigenvalue weighted by atomic mass is 9.97. The zero-order valence-electron chi connectivity index (χ0n) is 17.7. The van der Waals surface area contributed by atoms with Crippen molar-refractivity contribution in [2.75, 3.05) is 13.7 Å². The van der Waals surface area contributed by atoms with Gasteiger partial charge in [0.05, 0.1) is 13.7 Å². The Balaban J connectivity index is 3.30. The molecule has 0 aromatic heterocycles. The second kappa shape index (κ2) is 11.6. The first-order valence-electron chi connectivity index (χ1n) is 9.14. The highest BCUT2D eigenvalue weighted by Gasteiger charge is 2.55. The standard InChI is InChI=1S/C18H27NO10S/c1-8(2)7-25-18(30)19-16-14(28-11(5)22)12(26-9(3)20)13(27-10(4)21)15(29-16)17(23)24-6/h8,12-16H,7H2,1-6H3,(H,19,30)/t12-,13-,14+,15-,16+/m0/s1. The fraction of sp³-hybridized carbons (Fsp3) is 0.722. The van der Waals surface area contributed by atoms with E-state index in [2.05, 4.69) is 5.32 Å². The summed E-state index contributed by atoms with van der Waals surface area (Å²) in [7, 11) is 1.11. The Morgan fingerprint density at radius 3 is 1.90 bits per heavy atom. The molecule has 0 radical (unpaired) electrons. The van der Waals surface area contributed by atoms with Crippen LogP contribution < -0.4 is 5.32 Å². The quantitative estimate of drug-likeness (QED) is 0.324. The molecule has 0 aromatic rings. The zero-order valence-corrected chi connectivity index (χ0v) is 18.5. The number of nitrogens with one attached hydrogen (secondary N) is 1. The first kappa shape index (κ1) is 25.6. The SMILES string of the molecule is COC(=O)[C@H]1O[C@@H](NC(=S)OCC(C)C)[C@H](OC(C)=O)[C@@H](OC(C)=O)[C@@H]1OC(C)=O. The van der Waals surface area contributed by atoms with E-state index in [4.69, 9.17) is 40.6 Å². The lowest BCUT2D eigenvalue weighted by molar-refractivity contribution is -0.251. The summed E-state index contributed by atoms with van der Waals surface area (Å²) < 4.78 is 31.4. The Morgan fingerprint density at radius 1 is 0.933 bits per heavy atom. The molecule has 1 rings (SSSR count). The Morgan fingerprint density at radius 2 is 1.43 bits per heavy atom. The average Bonchev–Trinajstić information content (AvgIpc) is 2.62. The lowest BCUT2D eigenvalue weighted by Gasteiger charge is -2.43. The maximum absolute atomic E-state index is 12.3. The van der Waals surface area contributed by atoms with E-state index in [1.165, 1.54) is 0 Å². The Hall–Kier alpha value is -2.47. The van der Waals surface area contributed by atoms with Gasteiger partial charge >= 0.3 is 23.9 Å². The van der Waals surface area contributed by atoms with Crippen molar-refractivity contribution in [3.8, 4) is 0 Å². The van der Waals surface area contributed by atoms with Crippen LogP contribution in [-0.2, 0) is 47.6 Å². The summed E-state index contributed by atoms with van der Waals surface area (Å²) in [5.41, 5.74) is 0. The van der Waals surface area contributed by atoms with Gasteiger partial charge in [-0.15, -0.1) is 0 Å². The molecule has 1 aliphatic rings. The summed E-state index contributed by atoms with van der Waals surface area (Å²) in [6, 6.07) is 0. The number of hydrogen-bond acceptors (Lipinski definition) is 11. The van der Waals surface area contributed by atoms with Crippen LogP contribution in [0.1, 0.15) is 34.6 Å². The number of methoxy groups -OCH3 is 1. The van der Waals surface area contributed by atoms with E-state index in [1.807, 2.05) is 13.8 Å². The molecule has 0 saturated carbocycles. The number of ether oxygens (including phenoxy) is 6. The van der Waals surface area contributed by atoms with Gasteiger partial charge in [0.15, 0.2) is 30.6 Å². The third-order valence-electron chi connectivity index (χ3n) is 3.69. The Labute approximate surface area is 179 Å². The molecule has 170 valence electrons. The van der Waals surface area contributed by atoms with Crippen molar-refractivity contribution < 1.29 is 47.6 Å². The number of carbonyl (C=O) groups is 4. The lowest BCUT2D eigenvalue weighted by Crippen LogP contribution is -2.67. The summed E-state index contributed by atoms with van der Waals surface area (Å²) in [6.07, 6.45) is -6.92. The number of esters is 4. The van der Waals surface area contributed by atoms with Crippen LogP contribution in [0.3, 0.4) is 0 Å². The van der Waals surface area contributed by atoms with Crippen LogP contribution >= 0.6 is 12.2 Å². The van der Waals surface area contributed by atoms with Crippen LogP contribution in [0, 0.1) is 5.92 Å². The molecule has 1 N–H and O–H groups in total. The van der Waals surface area contributed by atoms with Crippen molar-refractivity contribution in [3.05, 3.63) is 0 Å². The van der Waals surface area contributed by atoms with Crippen LogP contribution in [0.5, 0.6) is 0 Å². The Kier molecular flexibility index (Phi) is 9.93. The molecule has 0 unspecified atom stereocenters. The molecule has 1 aliphatic heterocycles. The van der Waals surface area contributed by atoms with Crippen molar-refractivity contribution in [3.63, 3.8) is 0 Å². The second-order valence-electron chi connectivity index (χ2n) is 6.86. The highest BCUT2D eigenvalue weighted by atomic mass is 32.1. The largest absolute Gasteiger partial charge is 0.471 e. The van der Waals surface area contributed by atoms with E-state index < -0.39 is 54.5 Å². The number of rotatable bonds is 7. The molecule has 1 heterocycles. The molecule has 1 fully saturated rings. The van der Waals surface area contributed by atoms with Gasteiger partial charge in [-0.2, -0.15) is 0 Å². The molecule has 5 atom stereocenters. The molecule has 0 spiro atoms. The summed E-state index contributed by atoms with van der Waals surface area (Å²) in [4.78, 5) is 47.3. The van der Waals surface area contributed by atoms with Crippen LogP contribution in [-0.4, -0.2) is 73.4 Å². The molecular formula is C18H27NO10S.